The van der Waals surface area contributed by atoms with Crippen LogP contribution in [0.2, 0.25) is 0 Å². The Morgan fingerprint density at radius 3 is 2.49 bits per heavy atom. The fraction of sp³-hybridized carbons (Fsp3) is 0.355. The highest BCUT2D eigenvalue weighted by Crippen LogP contribution is 2.29. The van der Waals surface area contributed by atoms with Gasteiger partial charge in [0, 0.05) is 54.1 Å². The van der Waals surface area contributed by atoms with Crippen molar-refractivity contribution in [3.8, 4) is 22.5 Å². The number of imidazole rings is 1. The van der Waals surface area contributed by atoms with E-state index in [4.69, 9.17) is 9.97 Å². The Labute approximate surface area is 228 Å². The van der Waals surface area contributed by atoms with Crippen molar-refractivity contribution in [1.29, 1.82) is 0 Å². The summed E-state index contributed by atoms with van der Waals surface area (Å²) in [5.41, 5.74) is 5.55. The molecule has 4 aromatic rings. The highest BCUT2D eigenvalue weighted by atomic mass is 16.2. The maximum Gasteiger partial charge on any atom is 0.253 e. The number of rotatable bonds is 8. The molecule has 8 nitrogen and oxygen atoms in total. The number of benzene rings is 2. The molecule has 39 heavy (non-hydrogen) atoms. The smallest absolute Gasteiger partial charge is 0.253 e. The number of hydrogen-bond donors (Lipinski definition) is 2. The molecule has 2 amide bonds. The van der Waals surface area contributed by atoms with Gasteiger partial charge < -0.3 is 15.5 Å². The van der Waals surface area contributed by atoms with Crippen molar-refractivity contribution in [1.82, 2.24) is 24.6 Å². The first-order valence-corrected chi connectivity index (χ1v) is 13.9. The van der Waals surface area contributed by atoms with E-state index in [0.717, 1.165) is 73.5 Å². The molecule has 1 aliphatic heterocycles. The lowest BCUT2D eigenvalue weighted by atomic mass is 10.1. The Hall–Kier alpha value is -4.20. The van der Waals surface area contributed by atoms with E-state index in [1.807, 2.05) is 70.2 Å². The first kappa shape index (κ1) is 25.1. The van der Waals surface area contributed by atoms with Gasteiger partial charge in [0.15, 0.2) is 11.5 Å². The van der Waals surface area contributed by atoms with Gasteiger partial charge in [-0.1, -0.05) is 38.1 Å². The molecular formula is C31H34N6O2. The number of nitrogens with zero attached hydrogens (tertiary/aromatic N) is 4. The third-order valence-electron chi connectivity index (χ3n) is 7.32. The minimum absolute atomic E-state index is 0.0304. The maximum atomic E-state index is 13.1. The monoisotopic (exact) mass is 522 g/mol. The van der Waals surface area contributed by atoms with Gasteiger partial charge in [0.25, 0.3) is 11.8 Å². The van der Waals surface area contributed by atoms with Crippen LogP contribution in [0.3, 0.4) is 0 Å². The topological polar surface area (TPSA) is 91.6 Å². The summed E-state index contributed by atoms with van der Waals surface area (Å²) in [7, 11) is 0. The highest BCUT2D eigenvalue weighted by Gasteiger charge is 2.24. The zero-order valence-corrected chi connectivity index (χ0v) is 22.5. The molecule has 2 aromatic carbocycles. The van der Waals surface area contributed by atoms with Crippen LogP contribution in [0.25, 0.3) is 28.2 Å². The molecule has 2 aromatic heterocycles. The number of hydrogen-bond acceptors (Lipinski definition) is 5. The molecule has 3 heterocycles. The van der Waals surface area contributed by atoms with Gasteiger partial charge >= 0.3 is 0 Å². The molecule has 0 bridgehead atoms. The van der Waals surface area contributed by atoms with Gasteiger partial charge in [0.05, 0.1) is 17.6 Å². The number of carbonyl (C=O) groups excluding carboxylic acids is 2. The molecule has 200 valence electrons. The lowest BCUT2D eigenvalue weighted by molar-refractivity contribution is 0.0792. The van der Waals surface area contributed by atoms with Crippen molar-refractivity contribution in [2.75, 3.05) is 25.0 Å². The second-order valence-corrected chi connectivity index (χ2v) is 11.0. The molecule has 1 aliphatic carbocycles. The molecule has 2 N–H and O–H groups in total. The Bertz CT molecular complexity index is 1510. The minimum Gasteiger partial charge on any atom is -0.367 e. The molecule has 2 aliphatic rings. The summed E-state index contributed by atoms with van der Waals surface area (Å²) >= 11 is 0. The quantitative estimate of drug-likeness (QED) is 0.329. The van der Waals surface area contributed by atoms with Crippen molar-refractivity contribution in [3.05, 3.63) is 72.1 Å². The summed E-state index contributed by atoms with van der Waals surface area (Å²) in [4.78, 5) is 37.1. The number of nitrogens with one attached hydrogen (secondary N) is 2. The number of anilines is 1. The highest BCUT2D eigenvalue weighted by molar-refractivity contribution is 5.96. The first-order chi connectivity index (χ1) is 19.0. The van der Waals surface area contributed by atoms with Crippen LogP contribution in [0.5, 0.6) is 0 Å². The third kappa shape index (κ3) is 5.37. The van der Waals surface area contributed by atoms with Crippen LogP contribution in [0.15, 0.2) is 60.9 Å². The summed E-state index contributed by atoms with van der Waals surface area (Å²) in [5.74, 6) is 1.17. The fourth-order valence-corrected chi connectivity index (χ4v) is 4.96. The van der Waals surface area contributed by atoms with E-state index in [1.54, 1.807) is 0 Å². The first-order valence-electron chi connectivity index (χ1n) is 13.9. The Morgan fingerprint density at radius 2 is 1.77 bits per heavy atom. The summed E-state index contributed by atoms with van der Waals surface area (Å²) in [5, 5.41) is 6.51. The molecule has 2 fully saturated rings. The lowest BCUT2D eigenvalue weighted by Crippen LogP contribution is -2.27. The van der Waals surface area contributed by atoms with Crippen molar-refractivity contribution in [2.24, 2.45) is 5.92 Å². The van der Waals surface area contributed by atoms with E-state index in [2.05, 4.69) is 24.5 Å². The Kier molecular flexibility index (Phi) is 6.77. The summed E-state index contributed by atoms with van der Waals surface area (Å²) < 4.78 is 2.04. The predicted octanol–water partition coefficient (Wildman–Crippen LogP) is 5.26. The van der Waals surface area contributed by atoms with Gasteiger partial charge in [-0.15, -0.1) is 0 Å². The van der Waals surface area contributed by atoms with Gasteiger partial charge in [-0.05, 0) is 55.9 Å². The van der Waals surface area contributed by atoms with Crippen LogP contribution in [-0.4, -0.2) is 56.8 Å². The van der Waals surface area contributed by atoms with Crippen molar-refractivity contribution in [3.63, 3.8) is 0 Å². The van der Waals surface area contributed by atoms with Crippen molar-refractivity contribution >= 4 is 23.3 Å². The lowest BCUT2D eigenvalue weighted by Gasteiger charge is -2.16. The van der Waals surface area contributed by atoms with Crippen molar-refractivity contribution < 1.29 is 9.59 Å². The van der Waals surface area contributed by atoms with E-state index in [9.17, 15) is 9.59 Å². The van der Waals surface area contributed by atoms with Crippen LogP contribution in [0, 0.1) is 5.92 Å². The third-order valence-corrected chi connectivity index (χ3v) is 7.32. The summed E-state index contributed by atoms with van der Waals surface area (Å²) in [6.07, 6.45) is 8.06. The Balaban J connectivity index is 1.37. The summed E-state index contributed by atoms with van der Waals surface area (Å²) in [6.45, 7) is 6.69. The van der Waals surface area contributed by atoms with E-state index >= 15 is 0 Å². The van der Waals surface area contributed by atoms with Gasteiger partial charge in [-0.3, -0.25) is 14.0 Å². The van der Waals surface area contributed by atoms with E-state index in [-0.39, 0.29) is 11.8 Å². The Morgan fingerprint density at radius 1 is 1.00 bits per heavy atom. The predicted molar refractivity (Wildman–Crippen MR) is 153 cm³/mol. The average molecular weight is 523 g/mol. The van der Waals surface area contributed by atoms with E-state index in [0.29, 0.717) is 28.9 Å². The second-order valence-electron chi connectivity index (χ2n) is 11.0. The number of aromatic nitrogens is 3. The van der Waals surface area contributed by atoms with Gasteiger partial charge in [0.2, 0.25) is 0 Å². The van der Waals surface area contributed by atoms with Crippen LogP contribution >= 0.6 is 0 Å². The average Bonchev–Trinajstić information content (AvgIpc) is 3.41. The molecular weight excluding hydrogens is 488 g/mol. The molecule has 0 spiro atoms. The van der Waals surface area contributed by atoms with Crippen molar-refractivity contribution in [2.45, 2.75) is 45.6 Å². The second kappa shape index (κ2) is 10.5. The zero-order valence-electron chi connectivity index (χ0n) is 22.5. The molecule has 0 atom stereocenters. The molecule has 0 unspecified atom stereocenters. The molecule has 1 saturated heterocycles. The van der Waals surface area contributed by atoms with E-state index in [1.165, 1.54) is 0 Å². The summed E-state index contributed by atoms with van der Waals surface area (Å²) in [6, 6.07) is 15.7. The fourth-order valence-electron chi connectivity index (χ4n) is 4.96. The van der Waals surface area contributed by atoms with Crippen LogP contribution < -0.4 is 10.6 Å². The molecule has 6 rings (SSSR count). The van der Waals surface area contributed by atoms with Crippen LogP contribution in [-0.2, 0) is 0 Å². The molecule has 0 radical (unpaired) electrons. The molecule has 8 heteroatoms. The SMILES string of the molecule is CC(C)CNc1nc(-c2cccc(C(=O)N3CCCC3)c2)cn2c(-c3ccc(C(=O)NC4CC4)cc3)cnc12. The number of carbonyl (C=O) groups is 2. The number of amides is 2. The maximum absolute atomic E-state index is 13.1. The van der Waals surface area contributed by atoms with Gasteiger partial charge in [0.1, 0.15) is 0 Å². The van der Waals surface area contributed by atoms with E-state index < -0.39 is 0 Å². The minimum atomic E-state index is -0.0304. The van der Waals surface area contributed by atoms with Crippen LogP contribution in [0.1, 0.15) is 60.2 Å². The standard InChI is InChI=1S/C31H34N6O2/c1-20(2)17-32-28-29-33-18-27(21-8-10-22(11-9-21)30(38)34-25-12-13-25)37(29)19-26(35-28)23-6-5-7-24(16-23)31(39)36-14-3-4-15-36/h5-11,16,18-20,25H,3-4,12-15,17H2,1-2H3,(H,32,35)(H,34,38). The van der Waals surface area contributed by atoms with Crippen LogP contribution in [0.4, 0.5) is 5.82 Å². The van der Waals surface area contributed by atoms with Gasteiger partial charge in [-0.2, -0.15) is 0 Å². The van der Waals surface area contributed by atoms with Gasteiger partial charge in [-0.25, -0.2) is 9.97 Å². The number of likely N-dealkylation sites (tertiary alicyclic amines) is 1. The normalized spacial score (nSPS) is 15.2. The largest absolute Gasteiger partial charge is 0.367 e. The number of fused-ring (bicyclic) bond motifs is 1. The zero-order chi connectivity index (χ0) is 26.9. The molecule has 1 saturated carbocycles.